The summed E-state index contributed by atoms with van der Waals surface area (Å²) in [5.41, 5.74) is 4.77. The van der Waals surface area contributed by atoms with Crippen LogP contribution in [0.25, 0.3) is 10.8 Å². The molecule has 6 heteroatoms. The lowest BCUT2D eigenvalue weighted by molar-refractivity contribution is -0.169. The summed E-state index contributed by atoms with van der Waals surface area (Å²) in [5, 5.41) is 5.02. The van der Waals surface area contributed by atoms with Crippen LogP contribution in [0.15, 0.2) is 66.3 Å². The molecule has 1 heterocycles. The van der Waals surface area contributed by atoms with E-state index in [9.17, 15) is 14.4 Å². The first-order valence-corrected chi connectivity index (χ1v) is 16.4. The highest BCUT2D eigenvalue weighted by atomic mass is 16.5. The van der Waals surface area contributed by atoms with E-state index in [1.54, 1.807) is 17.7 Å². The number of esters is 1. The monoisotopic (exact) mass is 594 g/mol. The van der Waals surface area contributed by atoms with Crippen LogP contribution in [0.5, 0.6) is 0 Å². The molecule has 3 aliphatic carbocycles. The molecule has 2 aromatic carbocycles. The predicted octanol–water partition coefficient (Wildman–Crippen LogP) is 7.39. The van der Waals surface area contributed by atoms with Gasteiger partial charge in [-0.25, -0.2) is 0 Å². The number of fused-ring (bicyclic) bond motifs is 3. The lowest BCUT2D eigenvalue weighted by Gasteiger charge is -2.57. The lowest BCUT2D eigenvalue weighted by Crippen LogP contribution is -2.53. The van der Waals surface area contributed by atoms with Crippen LogP contribution < -0.4 is 5.32 Å². The van der Waals surface area contributed by atoms with Gasteiger partial charge in [-0.05, 0) is 90.9 Å². The van der Waals surface area contributed by atoms with Crippen molar-refractivity contribution in [2.75, 3.05) is 19.7 Å². The molecule has 2 aromatic rings. The number of hydrogen-bond acceptors (Lipinski definition) is 5. The van der Waals surface area contributed by atoms with E-state index < -0.39 is 5.41 Å². The molecule has 6 rings (SSSR count). The molecule has 1 aliphatic heterocycles. The molecule has 0 bridgehead atoms. The van der Waals surface area contributed by atoms with Crippen molar-refractivity contribution < 1.29 is 19.1 Å². The Balaban J connectivity index is 1.10. The third-order valence-electron chi connectivity index (χ3n) is 11.3. The van der Waals surface area contributed by atoms with Crippen LogP contribution in [0.2, 0.25) is 0 Å². The molecule has 0 spiro atoms. The highest BCUT2D eigenvalue weighted by Gasteiger charge is 2.57. The fourth-order valence-electron chi connectivity index (χ4n) is 8.85. The normalized spacial score (nSPS) is 27.9. The summed E-state index contributed by atoms with van der Waals surface area (Å²) in [6.45, 7) is 14.4. The van der Waals surface area contributed by atoms with E-state index in [-0.39, 0.29) is 35.7 Å². The van der Waals surface area contributed by atoms with Gasteiger partial charge in [0.25, 0.3) is 11.8 Å². The zero-order valence-corrected chi connectivity index (χ0v) is 26.7. The third kappa shape index (κ3) is 4.95. The van der Waals surface area contributed by atoms with Crippen molar-refractivity contribution in [3.8, 4) is 0 Å². The summed E-state index contributed by atoms with van der Waals surface area (Å²) in [7, 11) is 0. The summed E-state index contributed by atoms with van der Waals surface area (Å²) >= 11 is 0. The Labute approximate surface area is 261 Å². The van der Waals surface area contributed by atoms with Crippen LogP contribution in [-0.2, 0) is 16.1 Å². The van der Waals surface area contributed by atoms with Gasteiger partial charge in [-0.15, -0.1) is 6.58 Å². The Morgan fingerprint density at radius 3 is 2.66 bits per heavy atom. The molecule has 1 N–H and O–H groups in total. The molecule has 1 fully saturated rings. The van der Waals surface area contributed by atoms with E-state index in [0.29, 0.717) is 48.0 Å². The molecule has 2 amide bonds. The van der Waals surface area contributed by atoms with E-state index >= 15 is 0 Å². The van der Waals surface area contributed by atoms with Crippen LogP contribution in [0.4, 0.5) is 0 Å². The molecule has 0 saturated heterocycles. The molecule has 0 radical (unpaired) electrons. The summed E-state index contributed by atoms with van der Waals surface area (Å²) in [6.07, 6.45) is 12.9. The number of ether oxygens (including phenoxy) is 1. The minimum atomic E-state index is -0.480. The first kappa shape index (κ1) is 30.5. The average Bonchev–Trinajstić information content (AvgIpc) is 3.01. The number of carbonyl (C=O) groups excluding carboxylic acids is 3. The Kier molecular flexibility index (Phi) is 8.17. The fraction of sp³-hybridized carbons (Fsp3) is 0.500. The molecule has 4 atom stereocenters. The number of allylic oxidation sites excluding steroid dienone is 4. The van der Waals surface area contributed by atoms with Crippen molar-refractivity contribution in [3.63, 3.8) is 0 Å². The number of nitrogens with zero attached hydrogens (tertiary/aromatic N) is 1. The number of imide groups is 1. The van der Waals surface area contributed by atoms with Gasteiger partial charge in [-0.2, -0.15) is 0 Å². The van der Waals surface area contributed by atoms with Crippen molar-refractivity contribution in [2.45, 2.75) is 72.8 Å². The molecule has 0 aromatic heterocycles. The number of rotatable bonds is 9. The lowest BCUT2D eigenvalue weighted by atomic mass is 9.47. The van der Waals surface area contributed by atoms with Gasteiger partial charge in [-0.1, -0.05) is 69.2 Å². The van der Waals surface area contributed by atoms with Gasteiger partial charge in [-0.3, -0.25) is 19.3 Å². The Bertz CT molecular complexity index is 1560. The van der Waals surface area contributed by atoms with Crippen molar-refractivity contribution in [2.24, 2.45) is 28.6 Å². The Morgan fingerprint density at radius 1 is 1.14 bits per heavy atom. The maximum absolute atomic E-state index is 13.7. The summed E-state index contributed by atoms with van der Waals surface area (Å²) < 4.78 is 5.98. The van der Waals surface area contributed by atoms with Crippen molar-refractivity contribution >= 4 is 28.6 Å². The quantitative estimate of drug-likeness (QED) is 0.142. The molecule has 4 unspecified atom stereocenters. The van der Waals surface area contributed by atoms with Crippen molar-refractivity contribution in [1.29, 1.82) is 0 Å². The molecule has 4 aliphatic rings. The fourth-order valence-corrected chi connectivity index (χ4v) is 8.85. The van der Waals surface area contributed by atoms with E-state index in [2.05, 4.69) is 51.7 Å². The van der Waals surface area contributed by atoms with Gasteiger partial charge in [0.1, 0.15) is 6.61 Å². The number of benzene rings is 2. The highest BCUT2D eigenvalue weighted by molar-refractivity contribution is 6.25. The van der Waals surface area contributed by atoms with Gasteiger partial charge in [0, 0.05) is 36.1 Å². The SMILES string of the molecule is C=CCN1C(=O)c2cccc3c(CNCCOC(=O)C4(C)CCCC5(C)C6CCC(C(C)C)=CC6=CCC45)ccc(c23)C1=O. The molecular weight excluding hydrogens is 548 g/mol. The van der Waals surface area contributed by atoms with Gasteiger partial charge in [0.05, 0.1) is 5.41 Å². The summed E-state index contributed by atoms with van der Waals surface area (Å²) in [4.78, 5) is 41.0. The second kappa shape index (κ2) is 11.8. The van der Waals surface area contributed by atoms with Crippen molar-refractivity contribution in [1.82, 2.24) is 10.2 Å². The highest BCUT2D eigenvalue weighted by Crippen LogP contribution is 2.62. The average molecular weight is 595 g/mol. The molecule has 1 saturated carbocycles. The Morgan fingerprint density at radius 2 is 1.91 bits per heavy atom. The third-order valence-corrected chi connectivity index (χ3v) is 11.3. The minimum absolute atomic E-state index is 0.0658. The summed E-state index contributed by atoms with van der Waals surface area (Å²) in [5.74, 6) is 0.757. The number of amides is 2. The van der Waals surface area contributed by atoms with E-state index in [0.717, 1.165) is 36.6 Å². The summed E-state index contributed by atoms with van der Waals surface area (Å²) in [6, 6.07) is 9.35. The van der Waals surface area contributed by atoms with Gasteiger partial charge >= 0.3 is 5.97 Å². The van der Waals surface area contributed by atoms with E-state index in [1.165, 1.54) is 23.3 Å². The van der Waals surface area contributed by atoms with Crippen LogP contribution in [-0.4, -0.2) is 42.4 Å². The molecular formula is C38H46N2O4. The molecule has 6 nitrogen and oxygen atoms in total. The smallest absolute Gasteiger partial charge is 0.312 e. The largest absolute Gasteiger partial charge is 0.464 e. The topological polar surface area (TPSA) is 75.7 Å². The predicted molar refractivity (Wildman–Crippen MR) is 174 cm³/mol. The molecule has 44 heavy (non-hydrogen) atoms. The van der Waals surface area contributed by atoms with Crippen LogP contribution in [0.3, 0.4) is 0 Å². The van der Waals surface area contributed by atoms with Gasteiger partial charge in [0.15, 0.2) is 0 Å². The second-order valence-corrected chi connectivity index (χ2v) is 14.1. The van der Waals surface area contributed by atoms with Gasteiger partial charge < -0.3 is 10.1 Å². The maximum atomic E-state index is 13.7. The minimum Gasteiger partial charge on any atom is -0.464 e. The van der Waals surface area contributed by atoms with E-state index in [4.69, 9.17) is 4.74 Å². The first-order valence-electron chi connectivity index (χ1n) is 16.4. The number of hydrogen-bond donors (Lipinski definition) is 1. The number of nitrogens with one attached hydrogen (secondary N) is 1. The van der Waals surface area contributed by atoms with Gasteiger partial charge in [0.2, 0.25) is 0 Å². The molecule has 232 valence electrons. The van der Waals surface area contributed by atoms with Crippen LogP contribution in [0.1, 0.15) is 92.5 Å². The zero-order chi connectivity index (χ0) is 31.2. The first-order chi connectivity index (χ1) is 21.1. The standard InChI is InChI=1S/C38H46N2O4/c1-6-20-40-34(41)29-10-7-9-28-27(11-14-30(33(28)29)35(40)42)23-39-19-21-44-36(43)38(5)18-8-17-37(4)31-15-12-25(24(2)3)22-26(31)13-16-32(37)38/h6-7,9-11,13-14,22,24,31-32,39H,1,8,12,15-21,23H2,2-5H3. The second-order valence-electron chi connectivity index (χ2n) is 14.1. The zero-order valence-electron chi connectivity index (χ0n) is 26.7. The maximum Gasteiger partial charge on any atom is 0.312 e. The van der Waals surface area contributed by atoms with Crippen LogP contribution in [0, 0.1) is 28.6 Å². The van der Waals surface area contributed by atoms with Crippen LogP contribution >= 0.6 is 0 Å². The van der Waals surface area contributed by atoms with E-state index in [1.807, 2.05) is 24.3 Å². The Hall–Kier alpha value is -3.51. The van der Waals surface area contributed by atoms with Crippen molar-refractivity contribution in [3.05, 3.63) is 83.0 Å². The number of carbonyl (C=O) groups is 3.